The molecule has 7 nitrogen and oxygen atoms in total. The van der Waals surface area contributed by atoms with E-state index in [1.807, 2.05) is 45.0 Å². The second kappa shape index (κ2) is 12.2. The van der Waals surface area contributed by atoms with Crippen LogP contribution in [0.25, 0.3) is 0 Å². The number of carbonyl (C=O) groups excluding carboxylic acids is 2. The monoisotopic (exact) mass is 507 g/mol. The van der Waals surface area contributed by atoms with Gasteiger partial charge in [-0.2, -0.15) is 0 Å². The van der Waals surface area contributed by atoms with Gasteiger partial charge in [-0.3, -0.25) is 13.9 Å². The number of sulfonamides is 1. The van der Waals surface area contributed by atoms with Gasteiger partial charge in [0.1, 0.15) is 12.6 Å². The molecule has 0 radical (unpaired) electrons. The molecule has 0 aliphatic heterocycles. The second-order valence-corrected chi connectivity index (χ2v) is 10.7. The molecule has 0 saturated heterocycles. The predicted octanol–water partition coefficient (Wildman–Crippen LogP) is 4.06. The largest absolute Gasteiger partial charge is 0.354 e. The van der Waals surface area contributed by atoms with E-state index < -0.39 is 28.5 Å². The number of halogens is 1. The summed E-state index contributed by atoms with van der Waals surface area (Å²) in [5.74, 6) is -0.722. The van der Waals surface area contributed by atoms with Crippen molar-refractivity contribution < 1.29 is 18.0 Å². The second-order valence-electron chi connectivity index (χ2n) is 8.38. The molecule has 0 fully saturated rings. The van der Waals surface area contributed by atoms with Crippen molar-refractivity contribution in [1.29, 1.82) is 0 Å². The maximum atomic E-state index is 13.6. The summed E-state index contributed by atoms with van der Waals surface area (Å²) in [6.07, 6.45) is 2.21. The molecule has 1 atom stereocenters. The molecule has 2 rings (SSSR count). The van der Waals surface area contributed by atoms with Crippen LogP contribution in [0.3, 0.4) is 0 Å². The maximum absolute atomic E-state index is 13.6. The third-order valence-electron chi connectivity index (χ3n) is 5.56. The van der Waals surface area contributed by atoms with Crippen molar-refractivity contribution in [2.45, 2.75) is 53.1 Å². The predicted molar refractivity (Wildman–Crippen MR) is 137 cm³/mol. The Labute approximate surface area is 208 Å². The summed E-state index contributed by atoms with van der Waals surface area (Å²) in [6.45, 7) is 7.69. The van der Waals surface area contributed by atoms with Crippen molar-refractivity contribution in [3.63, 3.8) is 0 Å². The maximum Gasteiger partial charge on any atom is 0.244 e. The minimum absolute atomic E-state index is 0.185. The van der Waals surface area contributed by atoms with Crippen LogP contribution in [0.15, 0.2) is 42.5 Å². The van der Waals surface area contributed by atoms with Crippen molar-refractivity contribution in [2.24, 2.45) is 0 Å². The molecule has 2 aromatic rings. The molecule has 0 heterocycles. The van der Waals surface area contributed by atoms with Gasteiger partial charge in [-0.1, -0.05) is 61.3 Å². The van der Waals surface area contributed by atoms with E-state index in [0.717, 1.165) is 28.1 Å². The summed E-state index contributed by atoms with van der Waals surface area (Å²) in [7, 11) is -3.81. The van der Waals surface area contributed by atoms with E-state index in [0.29, 0.717) is 29.2 Å². The first-order valence-corrected chi connectivity index (χ1v) is 13.6. The van der Waals surface area contributed by atoms with E-state index >= 15 is 0 Å². The van der Waals surface area contributed by atoms with Gasteiger partial charge in [0.2, 0.25) is 21.8 Å². The van der Waals surface area contributed by atoms with Gasteiger partial charge >= 0.3 is 0 Å². The molecule has 0 bridgehead atoms. The van der Waals surface area contributed by atoms with Crippen LogP contribution in [0.1, 0.15) is 43.4 Å². The van der Waals surface area contributed by atoms with E-state index in [9.17, 15) is 18.0 Å². The van der Waals surface area contributed by atoms with Crippen molar-refractivity contribution in [2.75, 3.05) is 23.7 Å². The van der Waals surface area contributed by atoms with Gasteiger partial charge in [-0.15, -0.1) is 0 Å². The van der Waals surface area contributed by atoms with Crippen molar-refractivity contribution in [3.8, 4) is 0 Å². The first kappa shape index (κ1) is 27.7. The van der Waals surface area contributed by atoms with Gasteiger partial charge in [0.25, 0.3) is 0 Å². The van der Waals surface area contributed by atoms with Crippen LogP contribution in [0.4, 0.5) is 5.69 Å². The summed E-state index contributed by atoms with van der Waals surface area (Å²) < 4.78 is 26.5. The molecule has 0 aromatic heterocycles. The molecule has 34 heavy (non-hydrogen) atoms. The number of carbonyl (C=O) groups is 2. The number of aryl methyl sites for hydroxylation is 1. The normalized spacial score (nSPS) is 12.2. The number of anilines is 1. The molecule has 0 aliphatic rings. The fraction of sp³-hybridized carbons (Fsp3) is 0.440. The third kappa shape index (κ3) is 7.21. The van der Waals surface area contributed by atoms with Gasteiger partial charge in [0.15, 0.2) is 0 Å². The van der Waals surface area contributed by atoms with Crippen LogP contribution < -0.4 is 9.62 Å². The van der Waals surface area contributed by atoms with E-state index in [1.54, 1.807) is 25.1 Å². The third-order valence-corrected chi connectivity index (χ3v) is 7.09. The highest BCUT2D eigenvalue weighted by Crippen LogP contribution is 2.28. The first-order chi connectivity index (χ1) is 16.0. The smallest absolute Gasteiger partial charge is 0.244 e. The molecule has 0 aliphatic carbocycles. The topological polar surface area (TPSA) is 86.8 Å². The summed E-state index contributed by atoms with van der Waals surface area (Å²) in [5.41, 5.74) is 2.78. The fourth-order valence-electron chi connectivity index (χ4n) is 3.75. The van der Waals surface area contributed by atoms with Crippen LogP contribution in [0.5, 0.6) is 0 Å². The standard InChI is InChI=1S/C25H34ClN3O4S/c1-6-14-27-25(31)22(7-2)28(16-20-11-8-10-18(3)15-20)24(30)17-29(34(5,32)33)23-13-9-12-21(26)19(23)4/h8-13,15,22H,6-7,14,16-17H2,1-5H3,(H,27,31)/t22-/m0/s1. The molecule has 2 amide bonds. The minimum Gasteiger partial charge on any atom is -0.354 e. The Morgan fingerprint density at radius 3 is 2.35 bits per heavy atom. The van der Waals surface area contributed by atoms with Gasteiger partial charge in [-0.05, 0) is 49.9 Å². The van der Waals surface area contributed by atoms with Crippen LogP contribution >= 0.6 is 11.6 Å². The zero-order chi connectivity index (χ0) is 25.5. The molecule has 9 heteroatoms. The minimum atomic E-state index is -3.81. The van der Waals surface area contributed by atoms with Crippen molar-refractivity contribution in [1.82, 2.24) is 10.2 Å². The average molecular weight is 508 g/mol. The van der Waals surface area contributed by atoms with E-state index in [4.69, 9.17) is 11.6 Å². The summed E-state index contributed by atoms with van der Waals surface area (Å²) in [6, 6.07) is 11.9. The zero-order valence-corrected chi connectivity index (χ0v) is 22.0. The quantitative estimate of drug-likeness (QED) is 0.497. The van der Waals surface area contributed by atoms with Gasteiger partial charge in [-0.25, -0.2) is 8.42 Å². The molecule has 1 N–H and O–H groups in total. The van der Waals surface area contributed by atoms with Crippen molar-refractivity contribution >= 4 is 39.1 Å². The molecule has 0 spiro atoms. The number of nitrogens with zero attached hydrogens (tertiary/aromatic N) is 2. The molecular formula is C25H34ClN3O4S. The highest BCUT2D eigenvalue weighted by atomic mass is 35.5. The Morgan fingerprint density at radius 2 is 1.76 bits per heavy atom. The number of rotatable bonds is 11. The molecule has 186 valence electrons. The Hall–Kier alpha value is -2.58. The number of nitrogens with one attached hydrogen (secondary N) is 1. The molecular weight excluding hydrogens is 474 g/mol. The van der Waals surface area contributed by atoms with E-state index in [2.05, 4.69) is 5.32 Å². The Kier molecular flexibility index (Phi) is 9.94. The van der Waals surface area contributed by atoms with Gasteiger partial charge in [0, 0.05) is 18.1 Å². The highest BCUT2D eigenvalue weighted by molar-refractivity contribution is 7.92. The lowest BCUT2D eigenvalue weighted by Gasteiger charge is -2.33. The van der Waals surface area contributed by atoms with Gasteiger partial charge < -0.3 is 10.2 Å². The first-order valence-electron chi connectivity index (χ1n) is 11.3. The number of amides is 2. The Bertz CT molecular complexity index is 1120. The zero-order valence-electron chi connectivity index (χ0n) is 20.5. The lowest BCUT2D eigenvalue weighted by Crippen LogP contribution is -2.52. The lowest BCUT2D eigenvalue weighted by atomic mass is 10.1. The lowest BCUT2D eigenvalue weighted by molar-refractivity contribution is -0.140. The average Bonchev–Trinajstić information content (AvgIpc) is 2.77. The SMILES string of the molecule is CCCNC(=O)[C@H](CC)N(Cc1cccc(C)c1)C(=O)CN(c1cccc(Cl)c1C)S(C)(=O)=O. The van der Waals surface area contributed by atoms with Crippen molar-refractivity contribution in [3.05, 3.63) is 64.2 Å². The molecule has 2 aromatic carbocycles. The van der Waals surface area contributed by atoms with Crippen LogP contribution in [-0.2, 0) is 26.2 Å². The summed E-state index contributed by atoms with van der Waals surface area (Å²) in [5, 5.41) is 3.27. The molecule has 0 unspecified atom stereocenters. The number of hydrogen-bond acceptors (Lipinski definition) is 4. The summed E-state index contributed by atoms with van der Waals surface area (Å²) in [4.78, 5) is 28.0. The van der Waals surface area contributed by atoms with Gasteiger partial charge in [0.05, 0.1) is 11.9 Å². The van der Waals surface area contributed by atoms with E-state index in [1.165, 1.54) is 4.90 Å². The Balaban J connectivity index is 2.47. The van der Waals surface area contributed by atoms with Crippen LogP contribution in [-0.4, -0.2) is 50.5 Å². The van der Waals surface area contributed by atoms with Crippen LogP contribution in [0, 0.1) is 13.8 Å². The summed E-state index contributed by atoms with van der Waals surface area (Å²) >= 11 is 6.22. The fourth-order valence-corrected chi connectivity index (χ4v) is 4.82. The van der Waals surface area contributed by atoms with E-state index in [-0.39, 0.29) is 12.5 Å². The Morgan fingerprint density at radius 1 is 1.09 bits per heavy atom. The van der Waals surface area contributed by atoms with Crippen LogP contribution in [0.2, 0.25) is 5.02 Å². The number of benzene rings is 2. The highest BCUT2D eigenvalue weighted by Gasteiger charge is 2.32. The molecule has 0 saturated carbocycles. The number of hydrogen-bond donors (Lipinski definition) is 1.